The molecule has 1 aromatic carbocycles. The van der Waals surface area contributed by atoms with Gasteiger partial charge < -0.3 is 9.64 Å². The maximum atomic E-state index is 12.0. The SMILES string of the molecule is C=CC1CC(=O)N(c2ccc(Oc3cccnc3)cc2)C1. The van der Waals surface area contributed by atoms with Gasteiger partial charge in [-0.05, 0) is 36.4 Å². The Balaban J connectivity index is 1.72. The lowest BCUT2D eigenvalue weighted by atomic mass is 10.1. The largest absolute Gasteiger partial charge is 0.456 e. The Hall–Kier alpha value is -2.62. The molecule has 2 heterocycles. The molecular formula is C17H16N2O2. The number of ether oxygens (including phenoxy) is 1. The number of hydrogen-bond acceptors (Lipinski definition) is 3. The van der Waals surface area contributed by atoms with E-state index in [-0.39, 0.29) is 11.8 Å². The number of pyridine rings is 1. The molecule has 21 heavy (non-hydrogen) atoms. The first kappa shape index (κ1) is 13.4. The number of hydrogen-bond donors (Lipinski definition) is 0. The van der Waals surface area contributed by atoms with Crippen molar-refractivity contribution in [2.24, 2.45) is 5.92 Å². The van der Waals surface area contributed by atoms with E-state index >= 15 is 0 Å². The summed E-state index contributed by atoms with van der Waals surface area (Å²) in [4.78, 5) is 17.8. The molecule has 1 amide bonds. The van der Waals surface area contributed by atoms with Crippen LogP contribution in [0, 0.1) is 5.92 Å². The van der Waals surface area contributed by atoms with Crippen molar-refractivity contribution in [1.29, 1.82) is 0 Å². The van der Waals surface area contributed by atoms with Crippen molar-refractivity contribution in [2.75, 3.05) is 11.4 Å². The van der Waals surface area contributed by atoms with Crippen molar-refractivity contribution in [3.63, 3.8) is 0 Å². The van der Waals surface area contributed by atoms with Crippen molar-refractivity contribution in [3.8, 4) is 11.5 Å². The second kappa shape index (κ2) is 5.79. The minimum absolute atomic E-state index is 0.140. The Kier molecular flexibility index (Phi) is 3.69. The number of benzene rings is 1. The number of anilines is 1. The van der Waals surface area contributed by atoms with Crippen LogP contribution < -0.4 is 9.64 Å². The molecule has 1 aromatic heterocycles. The van der Waals surface area contributed by atoms with Gasteiger partial charge in [0, 0.05) is 30.8 Å². The van der Waals surface area contributed by atoms with Gasteiger partial charge in [-0.25, -0.2) is 0 Å². The van der Waals surface area contributed by atoms with Gasteiger partial charge in [-0.1, -0.05) is 6.08 Å². The van der Waals surface area contributed by atoms with E-state index in [1.807, 2.05) is 42.5 Å². The maximum Gasteiger partial charge on any atom is 0.227 e. The summed E-state index contributed by atoms with van der Waals surface area (Å²) < 4.78 is 5.68. The van der Waals surface area contributed by atoms with Gasteiger partial charge in [-0.15, -0.1) is 6.58 Å². The Morgan fingerprint density at radius 3 is 2.67 bits per heavy atom. The van der Waals surface area contributed by atoms with Crippen LogP contribution in [-0.4, -0.2) is 17.4 Å². The van der Waals surface area contributed by atoms with E-state index in [9.17, 15) is 4.79 Å². The van der Waals surface area contributed by atoms with Crippen molar-refractivity contribution in [3.05, 3.63) is 61.4 Å². The van der Waals surface area contributed by atoms with Gasteiger partial charge in [-0.3, -0.25) is 9.78 Å². The molecule has 0 N–H and O–H groups in total. The smallest absolute Gasteiger partial charge is 0.227 e. The summed E-state index contributed by atoms with van der Waals surface area (Å²) in [6, 6.07) is 11.2. The Bertz CT molecular complexity index is 638. The van der Waals surface area contributed by atoms with Crippen LogP contribution in [0.15, 0.2) is 61.4 Å². The molecular weight excluding hydrogens is 264 g/mol. The highest BCUT2D eigenvalue weighted by Gasteiger charge is 2.28. The van der Waals surface area contributed by atoms with Crippen LogP contribution in [-0.2, 0) is 4.79 Å². The average molecular weight is 280 g/mol. The lowest BCUT2D eigenvalue weighted by Gasteiger charge is -2.16. The predicted octanol–water partition coefficient (Wildman–Crippen LogP) is 3.41. The number of carbonyl (C=O) groups excluding carboxylic acids is 1. The third-order valence-electron chi connectivity index (χ3n) is 3.51. The molecule has 4 heteroatoms. The first-order valence-electron chi connectivity index (χ1n) is 6.87. The minimum Gasteiger partial charge on any atom is -0.456 e. The van der Waals surface area contributed by atoms with Crippen LogP contribution in [0.2, 0.25) is 0 Å². The third kappa shape index (κ3) is 2.94. The zero-order valence-electron chi connectivity index (χ0n) is 11.6. The highest BCUT2D eigenvalue weighted by atomic mass is 16.5. The molecule has 1 aliphatic rings. The summed E-state index contributed by atoms with van der Waals surface area (Å²) in [5.74, 6) is 1.79. The fraction of sp³-hybridized carbons (Fsp3) is 0.176. The van der Waals surface area contributed by atoms with Crippen molar-refractivity contribution < 1.29 is 9.53 Å². The van der Waals surface area contributed by atoms with Crippen LogP contribution in [0.5, 0.6) is 11.5 Å². The third-order valence-corrected chi connectivity index (χ3v) is 3.51. The van der Waals surface area contributed by atoms with Gasteiger partial charge in [0.25, 0.3) is 0 Å². The summed E-state index contributed by atoms with van der Waals surface area (Å²) in [5, 5.41) is 0. The normalized spacial score (nSPS) is 17.8. The van der Waals surface area contributed by atoms with Gasteiger partial charge >= 0.3 is 0 Å². The summed E-state index contributed by atoms with van der Waals surface area (Å²) in [5.41, 5.74) is 0.892. The second-order valence-corrected chi connectivity index (χ2v) is 4.99. The summed E-state index contributed by atoms with van der Waals surface area (Å²) in [6.45, 7) is 4.46. The molecule has 0 bridgehead atoms. The molecule has 0 radical (unpaired) electrons. The Morgan fingerprint density at radius 1 is 1.24 bits per heavy atom. The Labute approximate surface area is 123 Å². The summed E-state index contributed by atoms with van der Waals surface area (Å²) in [6.07, 6.45) is 5.74. The monoisotopic (exact) mass is 280 g/mol. The van der Waals surface area contributed by atoms with E-state index in [1.54, 1.807) is 17.3 Å². The van der Waals surface area contributed by atoms with Gasteiger partial charge in [0.1, 0.15) is 11.5 Å². The fourth-order valence-corrected chi connectivity index (χ4v) is 2.38. The molecule has 0 aliphatic carbocycles. The van der Waals surface area contributed by atoms with E-state index in [4.69, 9.17) is 4.74 Å². The van der Waals surface area contributed by atoms with Gasteiger partial charge in [-0.2, -0.15) is 0 Å². The van der Waals surface area contributed by atoms with Crippen molar-refractivity contribution in [2.45, 2.75) is 6.42 Å². The molecule has 4 nitrogen and oxygen atoms in total. The minimum atomic E-state index is 0.140. The van der Waals surface area contributed by atoms with Crippen LogP contribution in [0.1, 0.15) is 6.42 Å². The maximum absolute atomic E-state index is 12.0. The second-order valence-electron chi connectivity index (χ2n) is 4.99. The van der Waals surface area contributed by atoms with Crippen molar-refractivity contribution in [1.82, 2.24) is 4.98 Å². The van der Waals surface area contributed by atoms with E-state index < -0.39 is 0 Å². The number of aromatic nitrogens is 1. The molecule has 1 aliphatic heterocycles. The van der Waals surface area contributed by atoms with Gasteiger partial charge in [0.2, 0.25) is 5.91 Å². The molecule has 3 rings (SSSR count). The lowest BCUT2D eigenvalue weighted by molar-refractivity contribution is -0.117. The molecule has 0 saturated carbocycles. The van der Waals surface area contributed by atoms with E-state index in [1.165, 1.54) is 0 Å². The molecule has 1 unspecified atom stereocenters. The molecule has 1 atom stereocenters. The molecule has 1 fully saturated rings. The molecule has 2 aromatic rings. The van der Waals surface area contributed by atoms with Crippen LogP contribution >= 0.6 is 0 Å². The zero-order chi connectivity index (χ0) is 14.7. The van der Waals surface area contributed by atoms with Crippen LogP contribution in [0.25, 0.3) is 0 Å². The first-order chi connectivity index (χ1) is 10.3. The standard InChI is InChI=1S/C17H16N2O2/c1-2-13-10-17(20)19(12-13)14-5-7-15(8-6-14)21-16-4-3-9-18-11-16/h2-9,11,13H,1,10,12H2. The van der Waals surface area contributed by atoms with E-state index in [0.717, 1.165) is 11.4 Å². The number of carbonyl (C=O) groups is 1. The van der Waals surface area contributed by atoms with E-state index in [0.29, 0.717) is 18.7 Å². The lowest BCUT2D eigenvalue weighted by Crippen LogP contribution is -2.24. The number of nitrogens with zero attached hydrogens (tertiary/aromatic N) is 2. The molecule has 0 spiro atoms. The predicted molar refractivity (Wildman–Crippen MR) is 81.4 cm³/mol. The molecule has 106 valence electrons. The van der Waals surface area contributed by atoms with Crippen LogP contribution in [0.3, 0.4) is 0 Å². The Morgan fingerprint density at radius 2 is 2.05 bits per heavy atom. The van der Waals surface area contributed by atoms with Gasteiger partial charge in [0.05, 0.1) is 6.20 Å². The average Bonchev–Trinajstić information content (AvgIpc) is 2.90. The summed E-state index contributed by atoms with van der Waals surface area (Å²) >= 11 is 0. The summed E-state index contributed by atoms with van der Waals surface area (Å²) in [7, 11) is 0. The number of amides is 1. The highest BCUT2D eigenvalue weighted by molar-refractivity contribution is 5.96. The quantitative estimate of drug-likeness (QED) is 0.806. The first-order valence-corrected chi connectivity index (χ1v) is 6.87. The number of rotatable bonds is 4. The topological polar surface area (TPSA) is 42.4 Å². The van der Waals surface area contributed by atoms with Gasteiger partial charge in [0.15, 0.2) is 0 Å². The van der Waals surface area contributed by atoms with E-state index in [2.05, 4.69) is 11.6 Å². The zero-order valence-corrected chi connectivity index (χ0v) is 11.6. The molecule has 1 saturated heterocycles. The van der Waals surface area contributed by atoms with Crippen molar-refractivity contribution >= 4 is 11.6 Å². The van der Waals surface area contributed by atoms with Crippen LogP contribution in [0.4, 0.5) is 5.69 Å². The fourth-order valence-electron chi connectivity index (χ4n) is 2.38. The highest BCUT2D eigenvalue weighted by Crippen LogP contribution is 2.28.